The molecule has 1 amide bonds. The number of hydrogen-bond acceptors (Lipinski definition) is 4. The van der Waals surface area contributed by atoms with Crippen LogP contribution in [-0.4, -0.2) is 63.7 Å². The molecule has 1 aliphatic rings. The maximum absolute atomic E-state index is 11.9. The molecule has 1 fully saturated rings. The highest BCUT2D eigenvalue weighted by Crippen LogP contribution is 2.13. The summed E-state index contributed by atoms with van der Waals surface area (Å²) in [6.07, 6.45) is 3.45. The molecular weight excluding hydrogens is 435 g/mol. The Kier molecular flexibility index (Phi) is 9.88. The second-order valence-corrected chi connectivity index (χ2v) is 6.13. The van der Waals surface area contributed by atoms with Gasteiger partial charge in [-0.25, -0.2) is 0 Å². The predicted molar refractivity (Wildman–Crippen MR) is 109 cm³/mol. The van der Waals surface area contributed by atoms with Gasteiger partial charge in [0.1, 0.15) is 0 Å². The Morgan fingerprint density at radius 1 is 1.40 bits per heavy atom. The first kappa shape index (κ1) is 21.8. The normalized spacial score (nSPS) is 17.1. The molecule has 142 valence electrons. The molecule has 0 aliphatic carbocycles. The number of nitrogens with one attached hydrogen (secondary N) is 2. The Labute approximate surface area is 166 Å². The number of rotatable bonds is 7. The topological polar surface area (TPSA) is 79.1 Å². The van der Waals surface area contributed by atoms with Crippen LogP contribution < -0.4 is 10.6 Å². The first-order valence-electron chi connectivity index (χ1n) is 8.43. The summed E-state index contributed by atoms with van der Waals surface area (Å²) in [5.41, 5.74) is 0.851. The van der Waals surface area contributed by atoms with E-state index in [4.69, 9.17) is 9.15 Å². The van der Waals surface area contributed by atoms with Gasteiger partial charge in [-0.2, -0.15) is 0 Å². The van der Waals surface area contributed by atoms with E-state index >= 15 is 0 Å². The van der Waals surface area contributed by atoms with Gasteiger partial charge in [0.2, 0.25) is 0 Å². The molecular formula is C17H29IN4O3. The lowest BCUT2D eigenvalue weighted by Crippen LogP contribution is -2.42. The van der Waals surface area contributed by atoms with Crippen molar-refractivity contribution in [1.82, 2.24) is 15.5 Å². The van der Waals surface area contributed by atoms with Crippen molar-refractivity contribution in [3.8, 4) is 0 Å². The van der Waals surface area contributed by atoms with Crippen LogP contribution in [0.1, 0.15) is 29.0 Å². The fourth-order valence-electron chi connectivity index (χ4n) is 2.76. The number of aryl methyl sites for hydroxylation is 1. The molecule has 1 aliphatic heterocycles. The van der Waals surface area contributed by atoms with Crippen LogP contribution in [-0.2, 0) is 4.74 Å². The smallest absolute Gasteiger partial charge is 0.287 e. The molecule has 8 heteroatoms. The number of ether oxygens (including phenoxy) is 1. The van der Waals surface area contributed by atoms with Gasteiger partial charge < -0.3 is 24.7 Å². The molecule has 0 bridgehead atoms. The molecule has 0 radical (unpaired) electrons. The quantitative estimate of drug-likeness (QED) is 0.279. The monoisotopic (exact) mass is 464 g/mol. The van der Waals surface area contributed by atoms with Crippen molar-refractivity contribution in [2.75, 3.05) is 46.9 Å². The highest BCUT2D eigenvalue weighted by molar-refractivity contribution is 14.0. The minimum atomic E-state index is -0.166. The van der Waals surface area contributed by atoms with E-state index in [0.29, 0.717) is 18.2 Å². The molecule has 0 aromatic carbocycles. The zero-order valence-corrected chi connectivity index (χ0v) is 17.5. The van der Waals surface area contributed by atoms with Crippen LogP contribution in [0.4, 0.5) is 0 Å². The summed E-state index contributed by atoms with van der Waals surface area (Å²) in [6.45, 7) is 5.82. The molecule has 1 aromatic heterocycles. The average molecular weight is 464 g/mol. The van der Waals surface area contributed by atoms with Crippen LogP contribution in [0.3, 0.4) is 0 Å². The number of carbonyl (C=O) groups excluding carboxylic acids is 1. The Balaban J connectivity index is 0.00000312. The second-order valence-electron chi connectivity index (χ2n) is 6.13. The number of guanidine groups is 1. The van der Waals surface area contributed by atoms with Gasteiger partial charge in [-0.1, -0.05) is 0 Å². The van der Waals surface area contributed by atoms with E-state index < -0.39 is 0 Å². The number of furan rings is 1. The summed E-state index contributed by atoms with van der Waals surface area (Å²) < 4.78 is 10.6. The molecule has 7 nitrogen and oxygen atoms in total. The van der Waals surface area contributed by atoms with Gasteiger partial charge in [0.15, 0.2) is 11.7 Å². The minimum absolute atomic E-state index is 0. The third kappa shape index (κ3) is 6.85. The Bertz CT molecular complexity index is 556. The predicted octanol–water partition coefficient (Wildman–Crippen LogP) is 1.87. The summed E-state index contributed by atoms with van der Waals surface area (Å²) in [7, 11) is 3.82. The lowest BCUT2D eigenvalue weighted by molar-refractivity contribution is 0.0925. The van der Waals surface area contributed by atoms with Crippen molar-refractivity contribution in [2.45, 2.75) is 19.8 Å². The summed E-state index contributed by atoms with van der Waals surface area (Å²) in [4.78, 5) is 18.3. The zero-order chi connectivity index (χ0) is 17.4. The number of hydrogen-bond donors (Lipinski definition) is 2. The summed E-state index contributed by atoms with van der Waals surface area (Å²) in [5, 5.41) is 6.19. The number of aliphatic imine (C=N–C) groups is 1. The SMILES string of the molecule is CN=C(NCCCNC(=O)c1occc1C)N(C)CC1CCOC1.I. The maximum Gasteiger partial charge on any atom is 0.287 e. The third-order valence-corrected chi connectivity index (χ3v) is 4.12. The number of carbonyl (C=O) groups is 1. The van der Waals surface area contributed by atoms with Crippen molar-refractivity contribution in [3.05, 3.63) is 23.7 Å². The van der Waals surface area contributed by atoms with E-state index in [1.54, 1.807) is 13.1 Å². The van der Waals surface area contributed by atoms with E-state index in [-0.39, 0.29) is 29.9 Å². The highest BCUT2D eigenvalue weighted by Gasteiger charge is 2.19. The van der Waals surface area contributed by atoms with Crippen LogP contribution in [0.25, 0.3) is 0 Å². The molecule has 1 atom stereocenters. The summed E-state index contributed by atoms with van der Waals surface area (Å²) >= 11 is 0. The summed E-state index contributed by atoms with van der Waals surface area (Å²) in [5.74, 6) is 1.66. The Morgan fingerprint density at radius 2 is 2.16 bits per heavy atom. The largest absolute Gasteiger partial charge is 0.459 e. The van der Waals surface area contributed by atoms with Crippen molar-refractivity contribution < 1.29 is 13.9 Å². The number of halogens is 1. The van der Waals surface area contributed by atoms with Gasteiger partial charge in [0.05, 0.1) is 12.9 Å². The average Bonchev–Trinajstić information content (AvgIpc) is 3.22. The van der Waals surface area contributed by atoms with Gasteiger partial charge in [-0.3, -0.25) is 9.79 Å². The highest BCUT2D eigenvalue weighted by atomic mass is 127. The summed E-state index contributed by atoms with van der Waals surface area (Å²) in [6, 6.07) is 1.78. The van der Waals surface area contributed by atoms with E-state index in [9.17, 15) is 4.79 Å². The first-order valence-corrected chi connectivity index (χ1v) is 8.43. The molecule has 1 aromatic rings. The molecule has 0 spiro atoms. The molecule has 2 N–H and O–H groups in total. The standard InChI is InChI=1S/C17H28N4O3.HI/c1-13-5-10-24-15(13)16(22)19-7-4-8-20-17(18-2)21(3)11-14-6-9-23-12-14;/h5,10,14H,4,6-9,11-12H2,1-3H3,(H,18,20)(H,19,22);1H. The van der Waals surface area contributed by atoms with E-state index in [2.05, 4.69) is 20.5 Å². The minimum Gasteiger partial charge on any atom is -0.459 e. The fraction of sp³-hybridized carbons (Fsp3) is 0.647. The van der Waals surface area contributed by atoms with Crippen LogP contribution in [0, 0.1) is 12.8 Å². The lowest BCUT2D eigenvalue weighted by atomic mass is 10.1. The molecule has 1 unspecified atom stereocenters. The van der Waals surface area contributed by atoms with Crippen LogP contribution in [0.2, 0.25) is 0 Å². The Morgan fingerprint density at radius 3 is 2.76 bits per heavy atom. The van der Waals surface area contributed by atoms with E-state index in [0.717, 1.165) is 50.7 Å². The van der Waals surface area contributed by atoms with Crippen LogP contribution >= 0.6 is 24.0 Å². The number of amides is 1. The molecule has 0 saturated carbocycles. The molecule has 2 heterocycles. The van der Waals surface area contributed by atoms with Gasteiger partial charge in [0.25, 0.3) is 5.91 Å². The van der Waals surface area contributed by atoms with Gasteiger partial charge in [-0.05, 0) is 25.8 Å². The second kappa shape index (κ2) is 11.3. The van der Waals surface area contributed by atoms with Crippen molar-refractivity contribution >= 4 is 35.8 Å². The zero-order valence-electron chi connectivity index (χ0n) is 15.2. The van der Waals surface area contributed by atoms with Crippen LogP contribution in [0.5, 0.6) is 0 Å². The Hall–Kier alpha value is -1.29. The maximum atomic E-state index is 11.9. The van der Waals surface area contributed by atoms with Gasteiger partial charge in [0, 0.05) is 51.8 Å². The van der Waals surface area contributed by atoms with Gasteiger partial charge in [-0.15, -0.1) is 24.0 Å². The number of nitrogens with zero attached hydrogens (tertiary/aromatic N) is 2. The lowest BCUT2D eigenvalue weighted by Gasteiger charge is -2.24. The van der Waals surface area contributed by atoms with Crippen molar-refractivity contribution in [1.29, 1.82) is 0 Å². The first-order chi connectivity index (χ1) is 11.6. The van der Waals surface area contributed by atoms with E-state index in [1.165, 1.54) is 6.26 Å². The third-order valence-electron chi connectivity index (χ3n) is 4.12. The van der Waals surface area contributed by atoms with E-state index in [1.807, 2.05) is 14.0 Å². The van der Waals surface area contributed by atoms with Crippen LogP contribution in [0.15, 0.2) is 21.7 Å². The van der Waals surface area contributed by atoms with Gasteiger partial charge >= 0.3 is 0 Å². The molecule has 25 heavy (non-hydrogen) atoms. The molecule has 1 saturated heterocycles. The molecule has 2 rings (SSSR count). The van der Waals surface area contributed by atoms with Crippen molar-refractivity contribution in [3.63, 3.8) is 0 Å². The fourth-order valence-corrected chi connectivity index (χ4v) is 2.76. The van der Waals surface area contributed by atoms with Crippen molar-refractivity contribution in [2.24, 2.45) is 10.9 Å².